The average molecular weight is 210 g/mol. The zero-order chi connectivity index (χ0) is 10.5. The van der Waals surface area contributed by atoms with Gasteiger partial charge in [-0.25, -0.2) is 0 Å². The molecule has 0 aromatic heterocycles. The molecule has 0 radical (unpaired) electrons. The van der Waals surface area contributed by atoms with Gasteiger partial charge in [-0.3, -0.25) is 0 Å². The fourth-order valence-corrected chi connectivity index (χ4v) is 2.83. The van der Waals surface area contributed by atoms with Gasteiger partial charge in [-0.15, -0.1) is 0 Å². The van der Waals surface area contributed by atoms with E-state index >= 15 is 0 Å². The van der Waals surface area contributed by atoms with E-state index in [0.717, 1.165) is 44.2 Å². The fourth-order valence-electron chi connectivity index (χ4n) is 2.83. The normalized spacial score (nSPS) is 32.7. The van der Waals surface area contributed by atoms with Gasteiger partial charge in [0.05, 0.1) is 13.2 Å². The highest BCUT2D eigenvalue weighted by molar-refractivity contribution is 5.09. The summed E-state index contributed by atoms with van der Waals surface area (Å²) in [4.78, 5) is 0. The highest BCUT2D eigenvalue weighted by Crippen LogP contribution is 2.44. The summed E-state index contributed by atoms with van der Waals surface area (Å²) in [5.41, 5.74) is 0. The fraction of sp³-hybridized carbons (Fsp3) is 0.846. The summed E-state index contributed by atoms with van der Waals surface area (Å²) in [5.74, 6) is 2.65. The van der Waals surface area contributed by atoms with Gasteiger partial charge in [-0.05, 0) is 43.9 Å². The van der Waals surface area contributed by atoms with Gasteiger partial charge < -0.3 is 9.47 Å². The summed E-state index contributed by atoms with van der Waals surface area (Å²) in [6.45, 7) is 5.22. The molecule has 0 N–H and O–H groups in total. The van der Waals surface area contributed by atoms with Gasteiger partial charge in [0, 0.05) is 13.2 Å². The van der Waals surface area contributed by atoms with E-state index in [4.69, 9.17) is 9.47 Å². The maximum absolute atomic E-state index is 5.56. The quantitative estimate of drug-likeness (QED) is 0.475. The van der Waals surface area contributed by atoms with Crippen molar-refractivity contribution in [1.29, 1.82) is 0 Å². The highest BCUT2D eigenvalue weighted by atomic mass is 16.5. The molecular weight excluding hydrogens is 188 g/mol. The van der Waals surface area contributed by atoms with Gasteiger partial charge >= 0.3 is 0 Å². The van der Waals surface area contributed by atoms with E-state index in [1.165, 1.54) is 19.3 Å². The molecule has 2 aliphatic rings. The number of rotatable bonds is 7. The predicted octanol–water partition coefficient (Wildman–Crippen LogP) is 2.64. The van der Waals surface area contributed by atoms with E-state index < -0.39 is 0 Å². The molecular formula is C13H22O2. The lowest BCUT2D eigenvalue weighted by atomic mass is 9.91. The van der Waals surface area contributed by atoms with Crippen LogP contribution in [0.15, 0.2) is 12.2 Å². The molecule has 1 fully saturated rings. The molecule has 2 unspecified atom stereocenters. The largest absolute Gasteiger partial charge is 0.379 e. The lowest BCUT2D eigenvalue weighted by molar-refractivity contribution is 0.0463. The van der Waals surface area contributed by atoms with Crippen LogP contribution >= 0.6 is 0 Å². The van der Waals surface area contributed by atoms with E-state index in [0.29, 0.717) is 0 Å². The van der Waals surface area contributed by atoms with E-state index in [1.807, 2.05) is 6.92 Å². The maximum Gasteiger partial charge on any atom is 0.0700 e. The molecule has 86 valence electrons. The van der Waals surface area contributed by atoms with Gasteiger partial charge in [-0.1, -0.05) is 12.2 Å². The van der Waals surface area contributed by atoms with Crippen LogP contribution in [0.4, 0.5) is 0 Å². The van der Waals surface area contributed by atoms with E-state index in [2.05, 4.69) is 12.2 Å². The Kier molecular flexibility index (Phi) is 4.21. The van der Waals surface area contributed by atoms with Crippen molar-refractivity contribution >= 4 is 0 Å². The Bertz CT molecular complexity index is 213. The van der Waals surface area contributed by atoms with E-state index in [1.54, 1.807) is 0 Å². The van der Waals surface area contributed by atoms with Gasteiger partial charge in [0.2, 0.25) is 0 Å². The first-order chi connectivity index (χ1) is 7.40. The lowest BCUT2D eigenvalue weighted by Crippen LogP contribution is -2.12. The minimum Gasteiger partial charge on any atom is -0.379 e. The molecule has 15 heavy (non-hydrogen) atoms. The third-order valence-corrected chi connectivity index (χ3v) is 3.63. The molecule has 2 nitrogen and oxygen atoms in total. The molecule has 3 atom stereocenters. The van der Waals surface area contributed by atoms with Crippen molar-refractivity contribution in [3.63, 3.8) is 0 Å². The highest BCUT2D eigenvalue weighted by Gasteiger charge is 2.34. The van der Waals surface area contributed by atoms with Crippen LogP contribution in [-0.2, 0) is 9.47 Å². The van der Waals surface area contributed by atoms with Crippen molar-refractivity contribution in [2.24, 2.45) is 17.8 Å². The average Bonchev–Trinajstić information content (AvgIpc) is 2.85. The van der Waals surface area contributed by atoms with E-state index in [-0.39, 0.29) is 0 Å². The van der Waals surface area contributed by atoms with Crippen molar-refractivity contribution in [2.45, 2.75) is 26.2 Å². The van der Waals surface area contributed by atoms with Crippen LogP contribution in [0.2, 0.25) is 0 Å². The topological polar surface area (TPSA) is 18.5 Å². The summed E-state index contributed by atoms with van der Waals surface area (Å²) in [6.07, 6.45) is 8.85. The van der Waals surface area contributed by atoms with Crippen LogP contribution in [0.1, 0.15) is 26.2 Å². The lowest BCUT2D eigenvalue weighted by Gasteiger charge is -2.17. The van der Waals surface area contributed by atoms with Gasteiger partial charge in [-0.2, -0.15) is 0 Å². The smallest absolute Gasteiger partial charge is 0.0700 e. The van der Waals surface area contributed by atoms with Crippen LogP contribution in [0.5, 0.6) is 0 Å². The number of hydrogen-bond acceptors (Lipinski definition) is 2. The number of hydrogen-bond donors (Lipinski definition) is 0. The summed E-state index contributed by atoms with van der Waals surface area (Å²) < 4.78 is 10.8. The van der Waals surface area contributed by atoms with E-state index in [9.17, 15) is 0 Å². The van der Waals surface area contributed by atoms with Gasteiger partial charge in [0.1, 0.15) is 0 Å². The molecule has 2 aliphatic carbocycles. The minimum atomic E-state index is 0.743. The van der Waals surface area contributed by atoms with Crippen LogP contribution in [0, 0.1) is 17.8 Å². The summed E-state index contributed by atoms with van der Waals surface area (Å²) >= 11 is 0. The SMILES string of the molecule is CCOCCOCCC1CC2C=C[C@@H]1C2. The summed E-state index contributed by atoms with van der Waals surface area (Å²) in [7, 11) is 0. The van der Waals surface area contributed by atoms with Crippen molar-refractivity contribution < 1.29 is 9.47 Å². The molecule has 0 spiro atoms. The molecule has 0 aromatic carbocycles. The third kappa shape index (κ3) is 3.05. The van der Waals surface area contributed by atoms with Crippen molar-refractivity contribution in [3.05, 3.63) is 12.2 Å². The number of allylic oxidation sites excluding steroid dienone is 2. The minimum absolute atomic E-state index is 0.743. The Morgan fingerprint density at radius 2 is 1.93 bits per heavy atom. The van der Waals surface area contributed by atoms with Crippen molar-refractivity contribution in [1.82, 2.24) is 0 Å². The monoisotopic (exact) mass is 210 g/mol. The standard InChI is InChI=1S/C13H22O2/c1-2-14-7-8-15-6-5-13-10-11-3-4-12(13)9-11/h3-4,11-13H,2,5-10H2,1H3/t11?,12-,13?/m1/s1. The molecule has 2 heteroatoms. The second-order valence-electron chi connectivity index (χ2n) is 4.64. The first-order valence-electron chi connectivity index (χ1n) is 6.24. The summed E-state index contributed by atoms with van der Waals surface area (Å²) in [5, 5.41) is 0. The van der Waals surface area contributed by atoms with Crippen LogP contribution in [0.3, 0.4) is 0 Å². The molecule has 0 heterocycles. The zero-order valence-electron chi connectivity index (χ0n) is 9.65. The Labute approximate surface area is 92.6 Å². The number of ether oxygens (including phenoxy) is 2. The Morgan fingerprint density at radius 3 is 2.60 bits per heavy atom. The van der Waals surface area contributed by atoms with Gasteiger partial charge in [0.15, 0.2) is 0 Å². The number of fused-ring (bicyclic) bond motifs is 2. The van der Waals surface area contributed by atoms with Crippen LogP contribution in [-0.4, -0.2) is 26.4 Å². The maximum atomic E-state index is 5.56. The van der Waals surface area contributed by atoms with Crippen molar-refractivity contribution in [2.75, 3.05) is 26.4 Å². The third-order valence-electron chi connectivity index (χ3n) is 3.63. The molecule has 0 aromatic rings. The summed E-state index contributed by atoms with van der Waals surface area (Å²) in [6, 6.07) is 0. The first kappa shape index (κ1) is 11.2. The molecule has 0 amide bonds. The molecule has 0 saturated heterocycles. The Hall–Kier alpha value is -0.340. The van der Waals surface area contributed by atoms with Crippen LogP contribution < -0.4 is 0 Å². The predicted molar refractivity (Wildman–Crippen MR) is 60.8 cm³/mol. The molecule has 1 saturated carbocycles. The van der Waals surface area contributed by atoms with Crippen LogP contribution in [0.25, 0.3) is 0 Å². The molecule has 2 rings (SSSR count). The van der Waals surface area contributed by atoms with Gasteiger partial charge in [0.25, 0.3) is 0 Å². The zero-order valence-corrected chi connectivity index (χ0v) is 9.65. The Balaban J connectivity index is 1.50. The second-order valence-corrected chi connectivity index (χ2v) is 4.64. The molecule has 0 aliphatic heterocycles. The Morgan fingerprint density at radius 1 is 1.07 bits per heavy atom. The van der Waals surface area contributed by atoms with Crippen molar-refractivity contribution in [3.8, 4) is 0 Å². The first-order valence-corrected chi connectivity index (χ1v) is 6.24. The second kappa shape index (κ2) is 5.66. The molecule has 2 bridgehead atoms.